The third-order valence-corrected chi connectivity index (χ3v) is 10.8. The van der Waals surface area contributed by atoms with Gasteiger partial charge in [-0.05, 0) is 68.4 Å². The second kappa shape index (κ2) is 19.4. The summed E-state index contributed by atoms with van der Waals surface area (Å²) in [5.74, 6) is -1.37. The zero-order chi connectivity index (χ0) is 41.1. The fraction of sp³-hybridized carbons (Fsp3) is 0.512. The number of ketones is 1. The molecule has 0 bridgehead atoms. The molecule has 16 nitrogen and oxygen atoms in total. The van der Waals surface area contributed by atoms with Gasteiger partial charge in [0.1, 0.15) is 17.7 Å². The number of nitrogens with zero attached hydrogens (tertiary/aromatic N) is 4. The molecule has 16 heteroatoms. The minimum atomic E-state index is -1.36. The third kappa shape index (κ3) is 11.2. The van der Waals surface area contributed by atoms with Crippen LogP contribution in [0.4, 0.5) is 4.79 Å². The predicted molar refractivity (Wildman–Crippen MR) is 211 cm³/mol. The largest absolute Gasteiger partial charge is 0.384 e. The van der Waals surface area contributed by atoms with Crippen molar-refractivity contribution in [2.75, 3.05) is 19.6 Å². The van der Waals surface area contributed by atoms with E-state index >= 15 is 0 Å². The molecule has 304 valence electrons. The van der Waals surface area contributed by atoms with Crippen molar-refractivity contribution in [2.45, 2.75) is 108 Å². The predicted octanol–water partition coefficient (Wildman–Crippen LogP) is 2.21. The summed E-state index contributed by atoms with van der Waals surface area (Å²) >= 11 is 0. The van der Waals surface area contributed by atoms with E-state index in [-0.39, 0.29) is 38.4 Å². The van der Waals surface area contributed by atoms with E-state index in [1.165, 1.54) is 15.8 Å². The van der Waals surface area contributed by atoms with Gasteiger partial charge in [-0.3, -0.25) is 24.0 Å². The van der Waals surface area contributed by atoms with Gasteiger partial charge in [0.25, 0.3) is 11.8 Å². The van der Waals surface area contributed by atoms with E-state index in [4.69, 9.17) is 12.2 Å². The van der Waals surface area contributed by atoms with Crippen LogP contribution in [0.1, 0.15) is 100 Å². The topological polar surface area (TPSA) is 231 Å². The summed E-state index contributed by atoms with van der Waals surface area (Å²) in [6.45, 7) is 3.43. The number of rotatable bonds is 17. The summed E-state index contributed by atoms with van der Waals surface area (Å²) < 4.78 is 1.50. The lowest BCUT2D eigenvalue weighted by Crippen LogP contribution is -2.56. The standard InChI is InChI=1S/C41H53N9O7/c1-4-19-43-40(56)44-20-11-10-16-31(35(51)36(42)52)46-38(54)33-23-30(50-34(24-45-48-50)41(2,3)57)25-49(33)39(55)32(21-26-12-6-5-7-13-26)47-37(53)29-18-17-27-14-8-9-15-28(27)22-29/h1,8-9,14-15,17-18,22,24,26,30-33,57H,5-7,10-13,16,19-21,23,25H2,2-3H3,(H2,42,52)(H,46,54)(H,47,53)(H2,43,44,56)/t30-,31?,32?,33-/m0/s1. The Morgan fingerprint density at radius 2 is 1.72 bits per heavy atom. The van der Waals surface area contributed by atoms with Gasteiger partial charge < -0.3 is 37.0 Å². The molecular weight excluding hydrogens is 731 g/mol. The van der Waals surface area contributed by atoms with E-state index in [0.29, 0.717) is 30.5 Å². The number of nitrogens with one attached hydrogen (secondary N) is 4. The molecule has 7 N–H and O–H groups in total. The number of unbranched alkanes of at least 4 members (excludes halogenated alkanes) is 1. The Kier molecular flexibility index (Phi) is 14.4. The van der Waals surface area contributed by atoms with Crippen molar-refractivity contribution in [3.63, 3.8) is 0 Å². The van der Waals surface area contributed by atoms with Crippen LogP contribution in [0.15, 0.2) is 48.7 Å². The number of likely N-dealkylation sites (tertiary alicyclic amines) is 1. The van der Waals surface area contributed by atoms with Crippen LogP contribution in [0.2, 0.25) is 0 Å². The molecule has 57 heavy (non-hydrogen) atoms. The Bertz CT molecular complexity index is 1980. The van der Waals surface area contributed by atoms with Crippen molar-refractivity contribution in [3.8, 4) is 12.3 Å². The Labute approximate surface area is 332 Å². The fourth-order valence-electron chi connectivity index (χ4n) is 7.76. The Morgan fingerprint density at radius 1 is 0.982 bits per heavy atom. The third-order valence-electron chi connectivity index (χ3n) is 10.8. The van der Waals surface area contributed by atoms with Gasteiger partial charge in [-0.2, -0.15) is 0 Å². The number of terminal acetylenes is 1. The van der Waals surface area contributed by atoms with Gasteiger partial charge in [0.05, 0.1) is 30.5 Å². The maximum absolute atomic E-state index is 14.8. The first kappa shape index (κ1) is 42.3. The Morgan fingerprint density at radius 3 is 2.42 bits per heavy atom. The first-order chi connectivity index (χ1) is 27.3. The summed E-state index contributed by atoms with van der Waals surface area (Å²) in [7, 11) is 0. The summed E-state index contributed by atoms with van der Waals surface area (Å²) in [6, 6.07) is 8.48. The highest BCUT2D eigenvalue weighted by Crippen LogP contribution is 2.33. The first-order valence-corrected chi connectivity index (χ1v) is 19.6. The number of fused-ring (bicyclic) bond motifs is 1. The molecule has 2 fully saturated rings. The molecule has 1 aliphatic heterocycles. The number of primary amides is 1. The zero-order valence-corrected chi connectivity index (χ0v) is 32.5. The number of aromatic nitrogens is 3. The molecule has 5 rings (SSSR count). The van der Waals surface area contributed by atoms with Crippen LogP contribution in [0.3, 0.4) is 0 Å². The van der Waals surface area contributed by atoms with Crippen LogP contribution < -0.4 is 27.0 Å². The lowest BCUT2D eigenvalue weighted by Gasteiger charge is -2.32. The number of Topliss-reactive ketones (excluding diaryl/α,β-unsaturated/α-hetero) is 1. The second-order valence-electron chi connectivity index (χ2n) is 15.4. The zero-order valence-electron chi connectivity index (χ0n) is 32.5. The molecule has 6 amide bonds. The molecule has 1 saturated heterocycles. The first-order valence-electron chi connectivity index (χ1n) is 19.6. The van der Waals surface area contributed by atoms with Gasteiger partial charge >= 0.3 is 6.03 Å². The molecule has 1 aromatic heterocycles. The van der Waals surface area contributed by atoms with E-state index in [2.05, 4.69) is 37.5 Å². The number of amides is 6. The van der Waals surface area contributed by atoms with Gasteiger partial charge in [0, 0.05) is 25.1 Å². The molecule has 4 atom stereocenters. The maximum atomic E-state index is 14.8. The van der Waals surface area contributed by atoms with Crippen LogP contribution in [0.5, 0.6) is 0 Å². The molecule has 2 unspecified atom stereocenters. The van der Waals surface area contributed by atoms with Crippen molar-refractivity contribution in [2.24, 2.45) is 11.7 Å². The number of urea groups is 1. The van der Waals surface area contributed by atoms with Crippen LogP contribution >= 0.6 is 0 Å². The molecule has 0 radical (unpaired) electrons. The summed E-state index contributed by atoms with van der Waals surface area (Å²) in [5, 5.41) is 31.8. The summed E-state index contributed by atoms with van der Waals surface area (Å²) in [4.78, 5) is 81.3. The van der Waals surface area contributed by atoms with E-state index in [9.17, 15) is 33.9 Å². The van der Waals surface area contributed by atoms with E-state index in [0.717, 1.165) is 42.9 Å². The van der Waals surface area contributed by atoms with Crippen LogP contribution in [-0.4, -0.2) is 98.2 Å². The number of aliphatic hydroxyl groups is 1. The molecule has 2 aliphatic rings. The Balaban J connectivity index is 1.40. The summed E-state index contributed by atoms with van der Waals surface area (Å²) in [5.41, 5.74) is 4.79. The maximum Gasteiger partial charge on any atom is 0.315 e. The van der Waals surface area contributed by atoms with Crippen LogP contribution in [0.25, 0.3) is 10.8 Å². The fourth-order valence-corrected chi connectivity index (χ4v) is 7.76. The van der Waals surface area contributed by atoms with Gasteiger partial charge in [0.15, 0.2) is 0 Å². The van der Waals surface area contributed by atoms with Gasteiger partial charge in [0.2, 0.25) is 17.6 Å². The monoisotopic (exact) mass is 783 g/mol. The summed E-state index contributed by atoms with van der Waals surface area (Å²) in [6.07, 6.45) is 12.7. The minimum Gasteiger partial charge on any atom is -0.384 e. The highest BCUT2D eigenvalue weighted by Gasteiger charge is 2.45. The minimum absolute atomic E-state index is 0.0157. The number of carbonyl (C=O) groups excluding carboxylic acids is 6. The lowest BCUT2D eigenvalue weighted by atomic mass is 9.84. The van der Waals surface area contributed by atoms with Gasteiger partial charge in [-0.15, -0.1) is 11.5 Å². The van der Waals surface area contributed by atoms with Crippen LogP contribution in [0, 0.1) is 18.3 Å². The average Bonchev–Trinajstić information content (AvgIpc) is 3.88. The van der Waals surface area contributed by atoms with Crippen molar-refractivity contribution in [1.82, 2.24) is 41.2 Å². The van der Waals surface area contributed by atoms with Gasteiger partial charge in [-0.1, -0.05) is 73.6 Å². The quantitative estimate of drug-likeness (QED) is 0.0669. The highest BCUT2D eigenvalue weighted by molar-refractivity contribution is 6.37. The number of benzene rings is 2. The van der Waals surface area contributed by atoms with Gasteiger partial charge in [-0.25, -0.2) is 9.48 Å². The number of nitrogens with two attached hydrogens (primary N) is 1. The number of hydrogen-bond acceptors (Lipinski definition) is 9. The Hall–Kier alpha value is -5.82. The molecule has 3 aromatic rings. The van der Waals surface area contributed by atoms with E-state index in [1.54, 1.807) is 26.0 Å². The molecule has 1 aliphatic carbocycles. The normalized spacial score (nSPS) is 18.2. The smallest absolute Gasteiger partial charge is 0.315 e. The van der Waals surface area contributed by atoms with Crippen LogP contribution in [-0.2, 0) is 24.8 Å². The van der Waals surface area contributed by atoms with Crippen molar-refractivity contribution in [1.29, 1.82) is 0 Å². The molecular formula is C41H53N9O7. The van der Waals surface area contributed by atoms with Crippen molar-refractivity contribution < 1.29 is 33.9 Å². The number of carbonyl (C=O) groups is 6. The highest BCUT2D eigenvalue weighted by atomic mass is 16.3. The average molecular weight is 784 g/mol. The second-order valence-corrected chi connectivity index (χ2v) is 15.4. The van der Waals surface area contributed by atoms with E-state index < -0.39 is 65.2 Å². The molecule has 1 saturated carbocycles. The molecule has 2 heterocycles. The van der Waals surface area contributed by atoms with Crippen molar-refractivity contribution >= 4 is 46.2 Å². The SMILES string of the molecule is C#CCNC(=O)NCCCCC(NC(=O)[C@@H]1C[C@H](n2nncc2C(C)(C)O)CN1C(=O)C(CC1CCCCC1)NC(=O)c1ccc2ccccc2c1)C(=O)C(N)=O. The lowest BCUT2D eigenvalue weighted by molar-refractivity contribution is -0.142. The van der Waals surface area contributed by atoms with E-state index in [1.807, 2.05) is 30.3 Å². The molecule has 2 aromatic carbocycles. The molecule has 0 spiro atoms. The number of hydrogen-bond donors (Lipinski definition) is 6. The van der Waals surface area contributed by atoms with Crippen molar-refractivity contribution in [3.05, 3.63) is 59.9 Å².